The molecule has 0 aromatic heterocycles. The molecule has 4 nitrogen and oxygen atoms in total. The van der Waals surface area contributed by atoms with E-state index in [0.29, 0.717) is 5.56 Å². The summed E-state index contributed by atoms with van der Waals surface area (Å²) in [5, 5.41) is 11.6. The van der Waals surface area contributed by atoms with Crippen LogP contribution in [0.3, 0.4) is 0 Å². The first kappa shape index (κ1) is 15.4. The Balaban J connectivity index is 2.32. The van der Waals surface area contributed by atoms with Gasteiger partial charge in [-0.05, 0) is 31.2 Å². The molecule has 0 aliphatic carbocycles. The molecular formula is C15H11Cl2NO3. The quantitative estimate of drug-likeness (QED) is 0.887. The van der Waals surface area contributed by atoms with Gasteiger partial charge in [-0.25, -0.2) is 4.79 Å². The second-order valence-electron chi connectivity index (χ2n) is 4.44. The van der Waals surface area contributed by atoms with Crippen molar-refractivity contribution in [3.05, 3.63) is 63.1 Å². The third-order valence-corrected chi connectivity index (χ3v) is 3.40. The average Bonchev–Trinajstić information content (AvgIpc) is 2.42. The van der Waals surface area contributed by atoms with E-state index in [9.17, 15) is 9.59 Å². The van der Waals surface area contributed by atoms with Gasteiger partial charge in [0.1, 0.15) is 0 Å². The summed E-state index contributed by atoms with van der Waals surface area (Å²) < 4.78 is 0. The summed E-state index contributed by atoms with van der Waals surface area (Å²) >= 11 is 12.0. The summed E-state index contributed by atoms with van der Waals surface area (Å²) in [4.78, 5) is 23.0. The van der Waals surface area contributed by atoms with Crippen LogP contribution < -0.4 is 5.32 Å². The fourth-order valence-electron chi connectivity index (χ4n) is 1.79. The molecule has 0 spiro atoms. The molecule has 0 aliphatic rings. The van der Waals surface area contributed by atoms with Gasteiger partial charge in [0.05, 0.1) is 21.3 Å². The first-order valence-electron chi connectivity index (χ1n) is 5.99. The third kappa shape index (κ3) is 3.54. The van der Waals surface area contributed by atoms with E-state index in [1.54, 1.807) is 18.2 Å². The van der Waals surface area contributed by atoms with Crippen molar-refractivity contribution in [3.63, 3.8) is 0 Å². The topological polar surface area (TPSA) is 66.4 Å². The maximum atomic E-state index is 12.1. The molecule has 108 valence electrons. The van der Waals surface area contributed by atoms with Crippen molar-refractivity contribution >= 4 is 40.8 Å². The van der Waals surface area contributed by atoms with E-state index in [4.69, 9.17) is 28.3 Å². The number of carboxylic acids is 1. The van der Waals surface area contributed by atoms with E-state index in [1.807, 2.05) is 13.0 Å². The molecule has 2 N–H and O–H groups in total. The van der Waals surface area contributed by atoms with E-state index in [2.05, 4.69) is 5.32 Å². The van der Waals surface area contributed by atoms with Gasteiger partial charge in [0, 0.05) is 5.56 Å². The molecule has 0 fully saturated rings. The van der Waals surface area contributed by atoms with Crippen molar-refractivity contribution < 1.29 is 14.7 Å². The highest BCUT2D eigenvalue weighted by Crippen LogP contribution is 2.32. The minimum absolute atomic E-state index is 0.0430. The SMILES string of the molecule is Cc1cccc(C(=O)Nc2c(Cl)cc(C(=O)O)cc2Cl)c1. The molecule has 0 saturated carbocycles. The lowest BCUT2D eigenvalue weighted by Gasteiger charge is -2.10. The molecular weight excluding hydrogens is 313 g/mol. The van der Waals surface area contributed by atoms with Crippen LogP contribution in [0.2, 0.25) is 10.0 Å². The number of halogens is 2. The molecule has 0 saturated heterocycles. The van der Waals surface area contributed by atoms with Gasteiger partial charge >= 0.3 is 5.97 Å². The number of rotatable bonds is 3. The van der Waals surface area contributed by atoms with Crippen LogP contribution in [0.4, 0.5) is 5.69 Å². The Bertz CT molecular complexity index is 706. The maximum absolute atomic E-state index is 12.1. The van der Waals surface area contributed by atoms with Crippen molar-refractivity contribution in [1.82, 2.24) is 0 Å². The summed E-state index contributed by atoms with van der Waals surface area (Å²) in [7, 11) is 0. The Kier molecular flexibility index (Phi) is 4.50. The molecule has 2 aromatic carbocycles. The Morgan fingerprint density at radius 3 is 2.19 bits per heavy atom. The molecule has 1 amide bonds. The van der Waals surface area contributed by atoms with Crippen LogP contribution in [0.5, 0.6) is 0 Å². The van der Waals surface area contributed by atoms with E-state index in [1.165, 1.54) is 12.1 Å². The molecule has 0 aliphatic heterocycles. The molecule has 6 heteroatoms. The highest BCUT2D eigenvalue weighted by molar-refractivity contribution is 6.40. The molecule has 21 heavy (non-hydrogen) atoms. The lowest BCUT2D eigenvalue weighted by Crippen LogP contribution is -2.13. The van der Waals surface area contributed by atoms with E-state index < -0.39 is 5.97 Å². The molecule has 2 aromatic rings. The minimum atomic E-state index is -1.14. The van der Waals surface area contributed by atoms with Gasteiger partial charge in [-0.15, -0.1) is 0 Å². The number of benzene rings is 2. The number of hydrogen-bond acceptors (Lipinski definition) is 2. The number of aryl methyl sites for hydroxylation is 1. The van der Waals surface area contributed by atoms with Crippen molar-refractivity contribution in [2.24, 2.45) is 0 Å². The average molecular weight is 324 g/mol. The van der Waals surface area contributed by atoms with Crippen molar-refractivity contribution in [2.45, 2.75) is 6.92 Å². The molecule has 0 atom stereocenters. The van der Waals surface area contributed by atoms with Crippen LogP contribution in [-0.2, 0) is 0 Å². The number of carbonyl (C=O) groups is 2. The summed E-state index contributed by atoms with van der Waals surface area (Å²) in [6, 6.07) is 9.50. The third-order valence-electron chi connectivity index (χ3n) is 2.81. The van der Waals surface area contributed by atoms with Crippen LogP contribution in [0, 0.1) is 6.92 Å². The van der Waals surface area contributed by atoms with Gasteiger partial charge in [-0.1, -0.05) is 40.9 Å². The number of carboxylic acid groups (broad SMARTS) is 1. The zero-order valence-corrected chi connectivity index (χ0v) is 12.5. The van der Waals surface area contributed by atoms with Gasteiger partial charge in [-0.3, -0.25) is 4.79 Å². The summed E-state index contributed by atoms with van der Waals surface area (Å²) in [5.74, 6) is -1.51. The van der Waals surface area contributed by atoms with Crippen molar-refractivity contribution in [2.75, 3.05) is 5.32 Å². The normalized spacial score (nSPS) is 10.2. The van der Waals surface area contributed by atoms with Crippen LogP contribution >= 0.6 is 23.2 Å². The van der Waals surface area contributed by atoms with E-state index in [-0.39, 0.29) is 27.2 Å². The monoisotopic (exact) mass is 323 g/mol. The zero-order chi connectivity index (χ0) is 15.6. The summed E-state index contributed by atoms with van der Waals surface area (Å²) in [6.45, 7) is 1.87. The minimum Gasteiger partial charge on any atom is -0.478 e. The fourth-order valence-corrected chi connectivity index (χ4v) is 2.37. The Morgan fingerprint density at radius 2 is 1.67 bits per heavy atom. The van der Waals surface area contributed by atoms with Crippen LogP contribution in [0.1, 0.15) is 26.3 Å². The Labute approximate surface area is 131 Å². The van der Waals surface area contributed by atoms with Crippen LogP contribution in [0.15, 0.2) is 36.4 Å². The molecule has 0 radical (unpaired) electrons. The first-order valence-corrected chi connectivity index (χ1v) is 6.74. The van der Waals surface area contributed by atoms with Gasteiger partial charge in [0.15, 0.2) is 0 Å². The molecule has 0 bridgehead atoms. The molecule has 2 rings (SSSR count). The van der Waals surface area contributed by atoms with Crippen molar-refractivity contribution in [3.8, 4) is 0 Å². The number of aromatic carboxylic acids is 1. The number of amides is 1. The van der Waals surface area contributed by atoms with E-state index >= 15 is 0 Å². The number of carbonyl (C=O) groups excluding carboxylic acids is 1. The summed E-state index contributed by atoms with van der Waals surface area (Å²) in [6.07, 6.45) is 0. The zero-order valence-electron chi connectivity index (χ0n) is 11.0. The standard InChI is InChI=1S/C15H11Cl2NO3/c1-8-3-2-4-9(5-8)14(19)18-13-11(16)6-10(15(20)21)7-12(13)17/h2-7H,1H3,(H,18,19)(H,20,21). The molecule has 0 unspecified atom stereocenters. The van der Waals surface area contributed by atoms with Crippen molar-refractivity contribution in [1.29, 1.82) is 0 Å². The highest BCUT2D eigenvalue weighted by Gasteiger charge is 2.15. The van der Waals surface area contributed by atoms with Gasteiger partial charge in [0.2, 0.25) is 0 Å². The lowest BCUT2D eigenvalue weighted by molar-refractivity contribution is 0.0696. The first-order chi connectivity index (χ1) is 9.88. The lowest BCUT2D eigenvalue weighted by atomic mass is 10.1. The van der Waals surface area contributed by atoms with Crippen LogP contribution in [-0.4, -0.2) is 17.0 Å². The smallest absolute Gasteiger partial charge is 0.335 e. The predicted octanol–water partition coefficient (Wildman–Crippen LogP) is 4.25. The largest absolute Gasteiger partial charge is 0.478 e. The second-order valence-corrected chi connectivity index (χ2v) is 5.26. The maximum Gasteiger partial charge on any atom is 0.335 e. The van der Waals surface area contributed by atoms with Gasteiger partial charge in [0.25, 0.3) is 5.91 Å². The second kappa shape index (κ2) is 6.16. The Hall–Kier alpha value is -2.04. The number of nitrogens with one attached hydrogen (secondary N) is 1. The van der Waals surface area contributed by atoms with E-state index in [0.717, 1.165) is 5.56 Å². The number of anilines is 1. The number of hydrogen-bond donors (Lipinski definition) is 2. The van der Waals surface area contributed by atoms with Gasteiger partial charge < -0.3 is 10.4 Å². The van der Waals surface area contributed by atoms with Gasteiger partial charge in [-0.2, -0.15) is 0 Å². The fraction of sp³-hybridized carbons (Fsp3) is 0.0667. The Morgan fingerprint density at radius 1 is 1.05 bits per heavy atom. The summed E-state index contributed by atoms with van der Waals surface area (Å²) in [5.41, 5.74) is 1.55. The highest BCUT2D eigenvalue weighted by atomic mass is 35.5. The molecule has 0 heterocycles. The predicted molar refractivity (Wildman–Crippen MR) is 82.6 cm³/mol. The van der Waals surface area contributed by atoms with Crippen LogP contribution in [0.25, 0.3) is 0 Å².